The fourth-order valence-corrected chi connectivity index (χ4v) is 8.91. The summed E-state index contributed by atoms with van der Waals surface area (Å²) in [5.74, 6) is -0.693. The van der Waals surface area contributed by atoms with Crippen LogP contribution in [0.1, 0.15) is 266 Å². The predicted octanol–water partition coefficient (Wildman–Crippen LogP) is 14.9. The molecule has 0 heterocycles. The van der Waals surface area contributed by atoms with Gasteiger partial charge in [-0.2, -0.15) is 0 Å². The normalized spacial score (nSPS) is 13.2. The van der Waals surface area contributed by atoms with Crippen LogP contribution in [0.4, 0.5) is 9.59 Å². The zero-order chi connectivity index (χ0) is 51.8. The van der Waals surface area contributed by atoms with E-state index in [9.17, 15) is 24.0 Å². The second-order valence-corrected chi connectivity index (χ2v) is 20.4. The highest BCUT2D eigenvalue weighted by Crippen LogP contribution is 2.37. The average molecular weight is 1010 g/mol. The summed E-state index contributed by atoms with van der Waals surface area (Å²) in [6.07, 6.45) is 35.3. The van der Waals surface area contributed by atoms with Crippen LogP contribution < -0.4 is 5.32 Å². The number of rotatable bonds is 51. The van der Waals surface area contributed by atoms with Crippen LogP contribution in [0.3, 0.4) is 0 Å². The van der Waals surface area contributed by atoms with E-state index in [-0.39, 0.29) is 57.0 Å². The number of hydrogen-bond donors (Lipinski definition) is 1. The maximum atomic E-state index is 12.8. The lowest BCUT2D eigenvalue weighted by Crippen LogP contribution is -2.31. The Morgan fingerprint density at radius 1 is 0.465 bits per heavy atom. The number of hydrogen-bond acceptors (Lipinski definition) is 12. The molecule has 416 valence electrons. The van der Waals surface area contributed by atoms with Crippen molar-refractivity contribution < 1.29 is 52.4 Å². The predicted molar refractivity (Wildman–Crippen MR) is 285 cm³/mol. The van der Waals surface area contributed by atoms with E-state index in [2.05, 4.69) is 44.8 Å². The van der Waals surface area contributed by atoms with Gasteiger partial charge in [0, 0.05) is 32.4 Å². The lowest BCUT2D eigenvalue weighted by atomic mass is 10.0. The molecule has 0 radical (unpaired) electrons. The molecule has 0 aliphatic heterocycles. The van der Waals surface area contributed by atoms with Gasteiger partial charge in [-0.3, -0.25) is 14.4 Å². The van der Waals surface area contributed by atoms with Crippen LogP contribution in [0.25, 0.3) is 0 Å². The smallest absolute Gasteiger partial charge is 0.465 e. The van der Waals surface area contributed by atoms with Crippen molar-refractivity contribution in [2.75, 3.05) is 52.6 Å². The van der Waals surface area contributed by atoms with Crippen molar-refractivity contribution in [1.82, 2.24) is 10.2 Å². The molecule has 1 aliphatic carbocycles. The summed E-state index contributed by atoms with van der Waals surface area (Å²) in [7, 11) is 0. The third-order valence-electron chi connectivity index (χ3n) is 13.8. The number of ether oxygens (including phenoxy) is 6. The lowest BCUT2D eigenvalue weighted by Gasteiger charge is -2.18. The molecule has 13 heteroatoms. The van der Waals surface area contributed by atoms with Crippen molar-refractivity contribution in [1.29, 1.82) is 0 Å². The number of carbonyl (C=O) groups is 5. The Hall–Kier alpha value is -3.09. The molecule has 2 unspecified atom stereocenters. The minimum absolute atomic E-state index is 0.0393. The molecule has 1 saturated carbocycles. The quantitative estimate of drug-likeness (QED) is 0.0350. The van der Waals surface area contributed by atoms with Gasteiger partial charge in [0.15, 0.2) is 0 Å². The molecule has 1 rings (SSSR count). The first-order valence-electron chi connectivity index (χ1n) is 29.6. The number of nitrogens with zero attached hydrogens (tertiary/aromatic N) is 1. The summed E-state index contributed by atoms with van der Waals surface area (Å²) < 4.78 is 33.5. The highest BCUT2D eigenvalue weighted by atomic mass is 16.7. The number of alkyl carbamates (subject to hydrolysis) is 1. The van der Waals surface area contributed by atoms with Gasteiger partial charge in [-0.25, -0.2) is 9.59 Å². The van der Waals surface area contributed by atoms with Gasteiger partial charge in [0.25, 0.3) is 0 Å². The van der Waals surface area contributed by atoms with Crippen LogP contribution in [0, 0.1) is 11.8 Å². The molecule has 1 fully saturated rings. The van der Waals surface area contributed by atoms with Gasteiger partial charge in [-0.05, 0) is 102 Å². The van der Waals surface area contributed by atoms with E-state index in [1.165, 1.54) is 103 Å². The summed E-state index contributed by atoms with van der Waals surface area (Å²) in [6, 6.07) is 0. The van der Waals surface area contributed by atoms with Crippen molar-refractivity contribution in [3.63, 3.8) is 0 Å². The minimum atomic E-state index is -0.821. The van der Waals surface area contributed by atoms with E-state index in [4.69, 9.17) is 28.4 Å². The zero-order valence-electron chi connectivity index (χ0n) is 46.4. The molecule has 1 amide bonds. The minimum Gasteiger partial charge on any atom is -0.465 e. The number of carbonyl (C=O) groups excluding carboxylic acids is 5. The number of nitrogens with one attached hydrogen (secondary N) is 1. The monoisotopic (exact) mass is 1010 g/mol. The third kappa shape index (κ3) is 42.0. The van der Waals surface area contributed by atoms with E-state index < -0.39 is 24.1 Å². The Labute approximate surface area is 433 Å². The maximum Gasteiger partial charge on any atom is 0.508 e. The van der Waals surface area contributed by atoms with Crippen LogP contribution in [0.5, 0.6) is 0 Å². The van der Waals surface area contributed by atoms with Crippen LogP contribution in [-0.4, -0.2) is 99.9 Å². The van der Waals surface area contributed by atoms with Crippen LogP contribution in [-0.2, 0) is 42.8 Å². The fraction of sp³-hybridized carbons (Fsp3) is 0.914. The average Bonchev–Trinajstić information content (AvgIpc) is 4.22. The van der Waals surface area contributed by atoms with Crippen molar-refractivity contribution in [2.24, 2.45) is 11.8 Å². The van der Waals surface area contributed by atoms with E-state index in [0.29, 0.717) is 51.0 Å². The molecule has 13 nitrogen and oxygen atoms in total. The molecule has 0 saturated heterocycles. The summed E-state index contributed by atoms with van der Waals surface area (Å²) in [4.78, 5) is 65.4. The molecule has 0 bridgehead atoms. The van der Waals surface area contributed by atoms with Crippen molar-refractivity contribution in [3.8, 4) is 0 Å². The second kappa shape index (κ2) is 47.9. The van der Waals surface area contributed by atoms with Crippen LogP contribution in [0.15, 0.2) is 0 Å². The Balaban J connectivity index is 2.42. The van der Waals surface area contributed by atoms with E-state index in [0.717, 1.165) is 103 Å². The molecule has 1 aliphatic rings. The van der Waals surface area contributed by atoms with E-state index in [1.54, 1.807) is 0 Å². The highest BCUT2D eigenvalue weighted by molar-refractivity contribution is 5.70. The maximum absolute atomic E-state index is 12.8. The van der Waals surface area contributed by atoms with Crippen molar-refractivity contribution >= 4 is 30.2 Å². The van der Waals surface area contributed by atoms with Crippen molar-refractivity contribution in [3.05, 3.63) is 0 Å². The van der Waals surface area contributed by atoms with Crippen molar-refractivity contribution in [2.45, 2.75) is 278 Å². The number of unbranched alkanes of at least 4 members (excludes halogenated alkanes) is 22. The second-order valence-electron chi connectivity index (χ2n) is 20.4. The Morgan fingerprint density at radius 3 is 1.46 bits per heavy atom. The van der Waals surface area contributed by atoms with Gasteiger partial charge >= 0.3 is 30.2 Å². The largest absolute Gasteiger partial charge is 0.508 e. The Bertz CT molecular complexity index is 1280. The Kier molecular flexibility index (Phi) is 44.5. The molecule has 0 aromatic rings. The first-order valence-corrected chi connectivity index (χ1v) is 29.6. The number of esters is 3. The lowest BCUT2D eigenvalue weighted by molar-refractivity contribution is -0.151. The fourth-order valence-electron chi connectivity index (χ4n) is 8.91. The molecule has 0 aromatic heterocycles. The molecule has 0 spiro atoms. The highest BCUT2D eigenvalue weighted by Gasteiger charge is 2.33. The summed E-state index contributed by atoms with van der Waals surface area (Å²) >= 11 is 0. The standard InChI is InChI=1S/C58H108N2O11/c1-6-11-14-17-20-24-30-38-53(51-42-43-51)71-56(63)41-33-27-32-39-54(61)67-47-50(49-69-58(65)66-46-35-45-60(9-4)10-5)48-68-57(64)59-44-34-26-21-25-31-40-55(62)70-52(36-28-22-18-15-12-7-2)37-29-23-19-16-13-8-3/h50-53H,6-49H2,1-5H3,(H,59,64). The molecule has 2 atom stereocenters. The third-order valence-corrected chi connectivity index (χ3v) is 13.8. The molecule has 71 heavy (non-hydrogen) atoms. The van der Waals surface area contributed by atoms with Gasteiger partial charge in [-0.15, -0.1) is 0 Å². The molecular weight excluding hydrogens is 901 g/mol. The zero-order valence-corrected chi connectivity index (χ0v) is 46.4. The van der Waals surface area contributed by atoms with Crippen LogP contribution in [0.2, 0.25) is 0 Å². The first-order chi connectivity index (χ1) is 34.6. The van der Waals surface area contributed by atoms with E-state index in [1.807, 2.05) is 0 Å². The molecular formula is C58H108N2O11. The summed E-state index contributed by atoms with van der Waals surface area (Å²) in [5, 5.41) is 2.79. The summed E-state index contributed by atoms with van der Waals surface area (Å²) in [6.45, 7) is 13.8. The molecule has 1 N–H and O–H groups in total. The van der Waals surface area contributed by atoms with Gasteiger partial charge < -0.3 is 38.6 Å². The summed E-state index contributed by atoms with van der Waals surface area (Å²) in [5.41, 5.74) is 0. The van der Waals surface area contributed by atoms with Gasteiger partial charge in [-0.1, -0.05) is 163 Å². The van der Waals surface area contributed by atoms with Gasteiger partial charge in [0.2, 0.25) is 0 Å². The topological polar surface area (TPSA) is 156 Å². The van der Waals surface area contributed by atoms with Gasteiger partial charge in [0.1, 0.15) is 32.0 Å². The number of amides is 1. The Morgan fingerprint density at radius 2 is 0.915 bits per heavy atom. The van der Waals surface area contributed by atoms with E-state index >= 15 is 0 Å². The SMILES string of the molecule is CCCCCCCCCC(OC(=O)CCCCCC(=O)OCC(COC(=O)NCCCCCCCC(=O)OC(CCCCCCCC)CCCCCCCC)COC(=O)OCCCN(CC)CC)C1CC1. The van der Waals surface area contributed by atoms with Gasteiger partial charge in [0.05, 0.1) is 12.5 Å². The first kappa shape index (κ1) is 65.9. The molecule has 0 aromatic carbocycles. The van der Waals surface area contributed by atoms with Crippen LogP contribution >= 0.6 is 0 Å².